The number of nitrogens with zero attached hydrogens (tertiary/aromatic N) is 1. The normalized spacial score (nSPS) is 25.6. The maximum absolute atomic E-state index is 4.61. The summed E-state index contributed by atoms with van der Waals surface area (Å²) in [7, 11) is 0. The molecule has 2 unspecified atom stereocenters. The molecule has 1 aliphatic rings. The highest BCUT2D eigenvalue weighted by Gasteiger charge is 2.36. The van der Waals surface area contributed by atoms with Crippen LogP contribution in [0.1, 0.15) is 30.7 Å². The third-order valence-electron chi connectivity index (χ3n) is 3.12. The summed E-state index contributed by atoms with van der Waals surface area (Å²) >= 11 is 0. The first-order valence-electron chi connectivity index (χ1n) is 5.20. The molecule has 1 aromatic carbocycles. The van der Waals surface area contributed by atoms with E-state index in [1.54, 1.807) is 0 Å². The van der Waals surface area contributed by atoms with Crippen LogP contribution in [0.25, 0.3) is 11.0 Å². The van der Waals surface area contributed by atoms with E-state index in [-0.39, 0.29) is 0 Å². The standard InChI is InChI=1S/C12H14N2/c1-7-3-4-10-11(5-7)14-12(13-10)9-6-8(9)2/h3-5,8-9H,6H2,1-2H3,(H,13,14). The van der Waals surface area contributed by atoms with Crippen molar-refractivity contribution in [1.82, 2.24) is 9.97 Å². The van der Waals surface area contributed by atoms with E-state index in [1.807, 2.05) is 0 Å². The number of H-pyrrole nitrogens is 1. The lowest BCUT2D eigenvalue weighted by molar-refractivity contribution is 0.867. The van der Waals surface area contributed by atoms with Gasteiger partial charge < -0.3 is 4.98 Å². The molecule has 2 heteroatoms. The molecule has 2 atom stereocenters. The van der Waals surface area contributed by atoms with Crippen molar-refractivity contribution in [2.24, 2.45) is 5.92 Å². The van der Waals surface area contributed by atoms with Gasteiger partial charge in [0.1, 0.15) is 5.82 Å². The minimum absolute atomic E-state index is 0.683. The van der Waals surface area contributed by atoms with Crippen molar-refractivity contribution in [2.75, 3.05) is 0 Å². The highest BCUT2D eigenvalue weighted by Crippen LogP contribution is 2.45. The maximum atomic E-state index is 4.61. The lowest BCUT2D eigenvalue weighted by Gasteiger charge is -1.89. The Balaban J connectivity index is 2.11. The van der Waals surface area contributed by atoms with Crippen molar-refractivity contribution in [3.05, 3.63) is 29.6 Å². The molecule has 3 rings (SSSR count). The number of fused-ring (bicyclic) bond motifs is 1. The van der Waals surface area contributed by atoms with E-state index in [4.69, 9.17) is 0 Å². The van der Waals surface area contributed by atoms with Crippen LogP contribution in [0.3, 0.4) is 0 Å². The number of aromatic amines is 1. The summed E-state index contributed by atoms with van der Waals surface area (Å²) in [6.45, 7) is 4.39. The van der Waals surface area contributed by atoms with Crippen LogP contribution in [-0.2, 0) is 0 Å². The van der Waals surface area contributed by atoms with Crippen molar-refractivity contribution < 1.29 is 0 Å². The molecule has 0 bridgehead atoms. The van der Waals surface area contributed by atoms with Gasteiger partial charge in [-0.05, 0) is 37.0 Å². The number of benzene rings is 1. The van der Waals surface area contributed by atoms with E-state index in [0.717, 1.165) is 11.4 Å². The predicted molar refractivity (Wildman–Crippen MR) is 57.4 cm³/mol. The fourth-order valence-electron chi connectivity index (χ4n) is 2.02. The summed E-state index contributed by atoms with van der Waals surface area (Å²) in [6.07, 6.45) is 1.29. The van der Waals surface area contributed by atoms with Crippen LogP contribution in [0.5, 0.6) is 0 Å². The molecule has 1 N–H and O–H groups in total. The zero-order valence-corrected chi connectivity index (χ0v) is 8.54. The second-order valence-corrected chi connectivity index (χ2v) is 4.46. The molecule has 1 aliphatic carbocycles. The molecule has 2 aromatic rings. The number of imidazole rings is 1. The zero-order valence-electron chi connectivity index (χ0n) is 8.54. The summed E-state index contributed by atoms with van der Waals surface area (Å²) in [5.74, 6) is 2.68. The third-order valence-corrected chi connectivity index (χ3v) is 3.12. The van der Waals surface area contributed by atoms with Crippen LogP contribution in [0, 0.1) is 12.8 Å². The molecule has 1 aromatic heterocycles. The summed E-state index contributed by atoms with van der Waals surface area (Å²) in [5, 5.41) is 0. The summed E-state index contributed by atoms with van der Waals surface area (Å²) < 4.78 is 0. The summed E-state index contributed by atoms with van der Waals surface area (Å²) in [5.41, 5.74) is 3.57. The lowest BCUT2D eigenvalue weighted by atomic mass is 10.2. The Bertz CT molecular complexity index is 484. The van der Waals surface area contributed by atoms with E-state index in [9.17, 15) is 0 Å². The van der Waals surface area contributed by atoms with Crippen molar-refractivity contribution in [1.29, 1.82) is 0 Å². The summed E-state index contributed by atoms with van der Waals surface area (Å²) in [6, 6.07) is 6.37. The molecule has 1 saturated carbocycles. The van der Waals surface area contributed by atoms with E-state index in [1.165, 1.54) is 23.3 Å². The average Bonchev–Trinajstić information content (AvgIpc) is 2.75. The molecule has 1 fully saturated rings. The fraction of sp³-hybridized carbons (Fsp3) is 0.417. The fourth-order valence-corrected chi connectivity index (χ4v) is 2.02. The minimum Gasteiger partial charge on any atom is -0.342 e. The molecular formula is C12H14N2. The predicted octanol–water partition coefficient (Wildman–Crippen LogP) is 2.99. The molecule has 0 aliphatic heterocycles. The SMILES string of the molecule is Cc1ccc2nc(C3CC3C)[nH]c2c1. The smallest absolute Gasteiger partial charge is 0.110 e. The molecule has 72 valence electrons. The van der Waals surface area contributed by atoms with Gasteiger partial charge in [0.25, 0.3) is 0 Å². The van der Waals surface area contributed by atoms with Gasteiger partial charge in [-0.2, -0.15) is 0 Å². The maximum Gasteiger partial charge on any atom is 0.110 e. The van der Waals surface area contributed by atoms with E-state index in [0.29, 0.717) is 5.92 Å². The van der Waals surface area contributed by atoms with Gasteiger partial charge in [0, 0.05) is 5.92 Å². The van der Waals surface area contributed by atoms with E-state index < -0.39 is 0 Å². The Hall–Kier alpha value is -1.31. The van der Waals surface area contributed by atoms with Crippen LogP contribution < -0.4 is 0 Å². The van der Waals surface area contributed by atoms with Crippen molar-refractivity contribution in [2.45, 2.75) is 26.2 Å². The quantitative estimate of drug-likeness (QED) is 0.728. The first-order chi connectivity index (χ1) is 6.74. The van der Waals surface area contributed by atoms with Crippen molar-refractivity contribution in [3.8, 4) is 0 Å². The van der Waals surface area contributed by atoms with Crippen molar-refractivity contribution >= 4 is 11.0 Å². The molecule has 1 heterocycles. The van der Waals surface area contributed by atoms with E-state index >= 15 is 0 Å². The molecular weight excluding hydrogens is 172 g/mol. The Kier molecular flexibility index (Phi) is 1.49. The number of nitrogens with one attached hydrogen (secondary N) is 1. The van der Waals surface area contributed by atoms with Gasteiger partial charge in [-0.25, -0.2) is 4.98 Å². The second-order valence-electron chi connectivity index (χ2n) is 4.46. The van der Waals surface area contributed by atoms with Gasteiger partial charge in [-0.1, -0.05) is 13.0 Å². The Morgan fingerprint density at radius 3 is 2.93 bits per heavy atom. The second kappa shape index (κ2) is 2.59. The summed E-state index contributed by atoms with van der Waals surface area (Å²) in [4.78, 5) is 8.03. The van der Waals surface area contributed by atoms with Crippen molar-refractivity contribution in [3.63, 3.8) is 0 Å². The van der Waals surface area contributed by atoms with Crippen LogP contribution in [0.2, 0.25) is 0 Å². The number of aromatic nitrogens is 2. The molecule has 0 spiro atoms. The van der Waals surface area contributed by atoms with Crippen LogP contribution in [0.4, 0.5) is 0 Å². The molecule has 2 nitrogen and oxygen atoms in total. The molecule has 0 amide bonds. The average molecular weight is 186 g/mol. The molecule has 0 radical (unpaired) electrons. The number of aryl methyl sites for hydroxylation is 1. The van der Waals surface area contributed by atoms with Gasteiger partial charge >= 0.3 is 0 Å². The van der Waals surface area contributed by atoms with Crippen LogP contribution in [0.15, 0.2) is 18.2 Å². The van der Waals surface area contributed by atoms with Crippen LogP contribution in [-0.4, -0.2) is 9.97 Å². The first kappa shape index (κ1) is 8.04. The minimum atomic E-state index is 0.683. The Morgan fingerprint density at radius 2 is 2.21 bits per heavy atom. The van der Waals surface area contributed by atoms with Gasteiger partial charge in [0.2, 0.25) is 0 Å². The van der Waals surface area contributed by atoms with Gasteiger partial charge in [-0.15, -0.1) is 0 Å². The molecule has 14 heavy (non-hydrogen) atoms. The number of hydrogen-bond acceptors (Lipinski definition) is 1. The van der Waals surface area contributed by atoms with Gasteiger partial charge in [-0.3, -0.25) is 0 Å². The van der Waals surface area contributed by atoms with Crippen LogP contribution >= 0.6 is 0 Å². The highest BCUT2D eigenvalue weighted by molar-refractivity contribution is 5.76. The monoisotopic (exact) mass is 186 g/mol. The Labute approximate surface area is 83.4 Å². The zero-order chi connectivity index (χ0) is 9.71. The number of hydrogen-bond donors (Lipinski definition) is 1. The molecule has 0 saturated heterocycles. The topological polar surface area (TPSA) is 28.7 Å². The first-order valence-corrected chi connectivity index (χ1v) is 5.20. The largest absolute Gasteiger partial charge is 0.342 e. The third kappa shape index (κ3) is 1.14. The lowest BCUT2D eigenvalue weighted by Crippen LogP contribution is -1.82. The number of rotatable bonds is 1. The highest BCUT2D eigenvalue weighted by atomic mass is 14.9. The Morgan fingerprint density at radius 1 is 1.43 bits per heavy atom. The van der Waals surface area contributed by atoms with E-state index in [2.05, 4.69) is 42.0 Å². The van der Waals surface area contributed by atoms with Gasteiger partial charge in [0.15, 0.2) is 0 Å². The van der Waals surface area contributed by atoms with Gasteiger partial charge in [0.05, 0.1) is 11.0 Å².